The van der Waals surface area contributed by atoms with Crippen LogP contribution < -0.4 is 15.9 Å². The summed E-state index contributed by atoms with van der Waals surface area (Å²) < 4.78 is 56.3. The Hall–Kier alpha value is -3.43. The Morgan fingerprint density at radius 1 is 1.22 bits per heavy atom. The number of hydrogen-bond acceptors (Lipinski definition) is 4. The summed E-state index contributed by atoms with van der Waals surface area (Å²) in [5.74, 6) is -5.33. The van der Waals surface area contributed by atoms with Gasteiger partial charge in [-0.15, -0.1) is 0 Å². The summed E-state index contributed by atoms with van der Waals surface area (Å²) in [5.41, 5.74) is 5.53. The molecule has 3 N–H and O–H groups in total. The van der Waals surface area contributed by atoms with E-state index in [1.54, 1.807) is 0 Å². The first kappa shape index (κ1) is 23.2. The number of aromatic amines is 1. The number of carbonyl (C=O) groups excluding carboxylic acids is 1. The Labute approximate surface area is 180 Å². The maximum Gasteiger partial charge on any atom is 0.268 e. The van der Waals surface area contributed by atoms with Crippen molar-refractivity contribution in [3.63, 3.8) is 0 Å². The number of aromatic nitrogens is 2. The first-order valence-electron chi connectivity index (χ1n) is 9.80. The molecule has 3 aromatic rings. The number of nitrogens with two attached hydrogens (primary N) is 1. The van der Waals surface area contributed by atoms with Gasteiger partial charge in [-0.1, -0.05) is 0 Å². The molecule has 1 fully saturated rings. The Balaban J connectivity index is 0.000000243. The average molecular weight is 451 g/mol. The molecule has 0 aliphatic heterocycles. The van der Waals surface area contributed by atoms with Gasteiger partial charge in [0.1, 0.15) is 11.4 Å². The van der Waals surface area contributed by atoms with Crippen molar-refractivity contribution in [2.45, 2.75) is 37.5 Å². The van der Waals surface area contributed by atoms with Crippen LogP contribution in [0, 0.1) is 11.6 Å². The number of benzene rings is 1. The highest BCUT2D eigenvalue weighted by atomic mass is 19.3. The first-order valence-corrected chi connectivity index (χ1v) is 9.80. The van der Waals surface area contributed by atoms with E-state index in [1.807, 2.05) is 0 Å². The molecule has 0 spiro atoms. The molecule has 170 valence electrons. The van der Waals surface area contributed by atoms with Gasteiger partial charge in [-0.25, -0.2) is 17.6 Å². The summed E-state index contributed by atoms with van der Waals surface area (Å²) in [4.78, 5) is 30.4. The van der Waals surface area contributed by atoms with Crippen molar-refractivity contribution in [1.82, 2.24) is 9.97 Å². The number of nitrogens with one attached hydrogen (secondary N) is 1. The standard InChI is InChI=1S/C15H15F2N3O2.C7H6F2O/c16-15(17)4-1-2-8(7-15)10-6-11(21)12-9(20-10)3-5-19-13(12)14(18)22;1-10-5-2-3-6(8)7(9)4-5/h3,5-6,8H,1-2,4,7H2,(H2,18,22)(H,20,21);2-4H,1H3/t8-;/m0./s1. The predicted octanol–water partition coefficient (Wildman–Crippen LogP) is 4.29. The van der Waals surface area contributed by atoms with Crippen molar-refractivity contribution in [2.75, 3.05) is 7.11 Å². The van der Waals surface area contributed by atoms with Crippen LogP contribution in [0.2, 0.25) is 0 Å². The number of methoxy groups -OCH3 is 1. The Kier molecular flexibility index (Phi) is 6.81. The van der Waals surface area contributed by atoms with E-state index in [0.717, 1.165) is 12.1 Å². The molecule has 2 aromatic heterocycles. The molecule has 1 atom stereocenters. The molecule has 4 rings (SSSR count). The highest BCUT2D eigenvalue weighted by Gasteiger charge is 2.37. The number of pyridine rings is 2. The summed E-state index contributed by atoms with van der Waals surface area (Å²) in [6.45, 7) is 0. The van der Waals surface area contributed by atoms with E-state index >= 15 is 0 Å². The molecule has 6 nitrogen and oxygen atoms in total. The molecule has 0 radical (unpaired) electrons. The molecule has 32 heavy (non-hydrogen) atoms. The van der Waals surface area contributed by atoms with Crippen molar-refractivity contribution in [1.29, 1.82) is 0 Å². The maximum absolute atomic E-state index is 13.6. The minimum absolute atomic E-state index is 0.0984. The zero-order chi connectivity index (χ0) is 23.5. The average Bonchev–Trinajstić information content (AvgIpc) is 2.75. The van der Waals surface area contributed by atoms with Crippen LogP contribution in [0.3, 0.4) is 0 Å². The third kappa shape index (κ3) is 5.24. The van der Waals surface area contributed by atoms with Gasteiger partial charge in [0.2, 0.25) is 5.92 Å². The van der Waals surface area contributed by atoms with Crippen molar-refractivity contribution < 1.29 is 27.1 Å². The minimum atomic E-state index is -2.70. The number of amides is 1. The molecule has 0 unspecified atom stereocenters. The van der Waals surface area contributed by atoms with Gasteiger partial charge in [-0.2, -0.15) is 0 Å². The van der Waals surface area contributed by atoms with E-state index in [2.05, 4.69) is 14.7 Å². The first-order chi connectivity index (χ1) is 15.1. The summed E-state index contributed by atoms with van der Waals surface area (Å²) in [6.07, 6.45) is 1.99. The molecular weight excluding hydrogens is 430 g/mol. The number of primary amides is 1. The molecule has 0 bridgehead atoms. The fraction of sp³-hybridized carbons (Fsp3) is 0.318. The summed E-state index contributed by atoms with van der Waals surface area (Å²) in [7, 11) is 1.40. The highest BCUT2D eigenvalue weighted by Crippen LogP contribution is 2.41. The Morgan fingerprint density at radius 3 is 2.59 bits per heavy atom. The quantitative estimate of drug-likeness (QED) is 0.581. The molecule has 1 aliphatic carbocycles. The molecule has 0 saturated heterocycles. The lowest BCUT2D eigenvalue weighted by molar-refractivity contribution is -0.0412. The van der Waals surface area contributed by atoms with Crippen LogP contribution in [-0.4, -0.2) is 28.9 Å². The number of hydrogen-bond donors (Lipinski definition) is 2. The number of carbonyl (C=O) groups is 1. The smallest absolute Gasteiger partial charge is 0.268 e. The van der Waals surface area contributed by atoms with E-state index < -0.39 is 34.8 Å². The van der Waals surface area contributed by atoms with Gasteiger partial charge < -0.3 is 15.5 Å². The van der Waals surface area contributed by atoms with E-state index in [1.165, 1.54) is 31.5 Å². The largest absolute Gasteiger partial charge is 0.497 e. The normalized spacial score (nSPS) is 17.3. The second kappa shape index (κ2) is 9.37. The third-order valence-electron chi connectivity index (χ3n) is 5.20. The van der Waals surface area contributed by atoms with Gasteiger partial charge in [0.25, 0.3) is 5.91 Å². The summed E-state index contributed by atoms with van der Waals surface area (Å²) in [5, 5.41) is 0.0984. The fourth-order valence-corrected chi connectivity index (χ4v) is 3.67. The monoisotopic (exact) mass is 451 g/mol. The van der Waals surface area contributed by atoms with E-state index in [4.69, 9.17) is 5.73 Å². The predicted molar refractivity (Wildman–Crippen MR) is 110 cm³/mol. The minimum Gasteiger partial charge on any atom is -0.497 e. The van der Waals surface area contributed by atoms with Crippen LogP contribution in [0.4, 0.5) is 17.6 Å². The number of H-pyrrole nitrogens is 1. The summed E-state index contributed by atoms with van der Waals surface area (Å²) >= 11 is 0. The van der Waals surface area contributed by atoms with E-state index in [0.29, 0.717) is 29.8 Å². The number of alkyl halides is 2. The lowest BCUT2D eigenvalue weighted by Gasteiger charge is -2.29. The number of halogens is 4. The number of rotatable bonds is 3. The Morgan fingerprint density at radius 2 is 1.97 bits per heavy atom. The third-order valence-corrected chi connectivity index (χ3v) is 5.20. The zero-order valence-corrected chi connectivity index (χ0v) is 17.1. The van der Waals surface area contributed by atoms with Gasteiger partial charge in [0, 0.05) is 42.8 Å². The highest BCUT2D eigenvalue weighted by molar-refractivity contribution is 6.03. The van der Waals surface area contributed by atoms with Crippen molar-refractivity contribution >= 4 is 16.8 Å². The molecule has 1 aliphatic rings. The van der Waals surface area contributed by atoms with Gasteiger partial charge in [0.05, 0.1) is 18.0 Å². The molecule has 10 heteroatoms. The van der Waals surface area contributed by atoms with Gasteiger partial charge in [0.15, 0.2) is 17.1 Å². The lowest BCUT2D eigenvalue weighted by atomic mass is 9.84. The number of fused-ring (bicyclic) bond motifs is 1. The van der Waals surface area contributed by atoms with Crippen LogP contribution >= 0.6 is 0 Å². The summed E-state index contributed by atoms with van der Waals surface area (Å²) in [6, 6.07) is 6.19. The lowest BCUT2D eigenvalue weighted by Crippen LogP contribution is -2.26. The fourth-order valence-electron chi connectivity index (χ4n) is 3.67. The van der Waals surface area contributed by atoms with Crippen LogP contribution in [-0.2, 0) is 0 Å². The molecule has 1 saturated carbocycles. The van der Waals surface area contributed by atoms with E-state index in [-0.39, 0.29) is 23.9 Å². The van der Waals surface area contributed by atoms with Gasteiger partial charge in [-0.3, -0.25) is 14.6 Å². The molecule has 1 aromatic carbocycles. The second-order valence-corrected chi connectivity index (χ2v) is 7.46. The van der Waals surface area contributed by atoms with Crippen molar-refractivity contribution in [3.8, 4) is 5.75 Å². The van der Waals surface area contributed by atoms with Crippen molar-refractivity contribution in [2.24, 2.45) is 5.73 Å². The molecule has 2 heterocycles. The molecule has 1 amide bonds. The van der Waals surface area contributed by atoms with E-state index in [9.17, 15) is 27.2 Å². The number of ether oxygens (including phenoxy) is 1. The maximum atomic E-state index is 13.6. The van der Waals surface area contributed by atoms with Crippen LogP contribution in [0.1, 0.15) is 47.8 Å². The van der Waals surface area contributed by atoms with Gasteiger partial charge >= 0.3 is 0 Å². The molecular formula is C22H21F4N3O3. The van der Waals surface area contributed by atoms with Crippen molar-refractivity contribution in [3.05, 3.63) is 69.8 Å². The number of nitrogens with zero attached hydrogens (tertiary/aromatic N) is 1. The van der Waals surface area contributed by atoms with Crippen LogP contribution in [0.15, 0.2) is 41.3 Å². The SMILES string of the molecule is COc1ccc(F)c(F)c1.NC(=O)c1nccc2[nH]c([C@H]3CCCC(F)(F)C3)cc(=O)c12. The van der Waals surface area contributed by atoms with Gasteiger partial charge in [-0.05, 0) is 31.0 Å². The topological polar surface area (TPSA) is 98.1 Å². The Bertz CT molecular complexity index is 1200. The second-order valence-electron chi connectivity index (χ2n) is 7.46. The van der Waals surface area contributed by atoms with Crippen LogP contribution in [0.25, 0.3) is 10.9 Å². The van der Waals surface area contributed by atoms with Crippen LogP contribution in [0.5, 0.6) is 5.75 Å². The zero-order valence-electron chi connectivity index (χ0n) is 17.1.